The summed E-state index contributed by atoms with van der Waals surface area (Å²) < 4.78 is 11.7. The molecule has 0 N–H and O–H groups in total. The first-order valence-electron chi connectivity index (χ1n) is 10.9. The number of anilines is 2. The van der Waals surface area contributed by atoms with E-state index in [1.807, 2.05) is 52.5 Å². The topological polar surface area (TPSA) is 24.9 Å². The highest BCUT2D eigenvalue weighted by atomic mass is 35.5. The Labute approximate surface area is 189 Å². The molecule has 5 heteroatoms. The summed E-state index contributed by atoms with van der Waals surface area (Å²) >= 11 is 0. The molecule has 2 rings (SSSR count). The van der Waals surface area contributed by atoms with Gasteiger partial charge in [0.15, 0.2) is 0 Å². The van der Waals surface area contributed by atoms with Crippen molar-refractivity contribution in [1.82, 2.24) is 0 Å². The monoisotopic (exact) mass is 434 g/mol. The Bertz CT molecular complexity index is 613. The molecule has 0 unspecified atom stereocenters. The summed E-state index contributed by atoms with van der Waals surface area (Å²) in [6.07, 6.45) is 8.61. The van der Waals surface area contributed by atoms with Gasteiger partial charge in [-0.25, -0.2) is 0 Å². The van der Waals surface area contributed by atoms with Crippen LogP contribution in [0.25, 0.3) is 0 Å². The number of rotatable bonds is 14. The van der Waals surface area contributed by atoms with Gasteiger partial charge in [-0.1, -0.05) is 32.1 Å². The largest absolute Gasteiger partial charge is 0.494 e. The molecular weight excluding hydrogens is 396 g/mol. The Morgan fingerprint density at radius 2 is 0.800 bits per heavy atom. The van der Waals surface area contributed by atoms with Gasteiger partial charge in [0, 0.05) is 39.6 Å². The molecule has 0 amide bonds. The van der Waals surface area contributed by atoms with E-state index in [1.165, 1.54) is 43.5 Å². The third-order valence-electron chi connectivity index (χ3n) is 5.03. The van der Waals surface area contributed by atoms with Crippen LogP contribution in [0.15, 0.2) is 48.5 Å². The molecule has 0 aliphatic rings. The van der Waals surface area contributed by atoms with Crippen LogP contribution in [0, 0.1) is 0 Å². The maximum Gasteiger partial charge on any atom is 0.119 e. The van der Waals surface area contributed by atoms with Gasteiger partial charge in [0.25, 0.3) is 0 Å². The van der Waals surface area contributed by atoms with E-state index in [1.54, 1.807) is 0 Å². The van der Waals surface area contributed by atoms with Crippen LogP contribution in [0.3, 0.4) is 0 Å². The lowest BCUT2D eigenvalue weighted by Gasteiger charge is -2.13. The van der Waals surface area contributed by atoms with E-state index in [0.717, 1.165) is 37.6 Å². The van der Waals surface area contributed by atoms with Crippen molar-refractivity contribution in [3.63, 3.8) is 0 Å². The summed E-state index contributed by atoms with van der Waals surface area (Å²) in [5.41, 5.74) is 2.40. The molecule has 0 aliphatic carbocycles. The SMILES string of the molecule is CN(C)c1ccc(OCCCCCCCCCOc2ccc(N(C)C)cc2)cc1.Cl. The van der Waals surface area contributed by atoms with Crippen LogP contribution in [0.1, 0.15) is 44.9 Å². The van der Waals surface area contributed by atoms with Gasteiger partial charge < -0.3 is 19.3 Å². The van der Waals surface area contributed by atoms with Crippen LogP contribution in [0.5, 0.6) is 11.5 Å². The Morgan fingerprint density at radius 1 is 0.500 bits per heavy atom. The molecule has 0 heterocycles. The second kappa shape index (κ2) is 14.8. The zero-order chi connectivity index (χ0) is 20.9. The van der Waals surface area contributed by atoms with Crippen molar-refractivity contribution >= 4 is 23.8 Å². The zero-order valence-corrected chi connectivity index (χ0v) is 19.9. The van der Waals surface area contributed by atoms with E-state index in [0.29, 0.717) is 0 Å². The molecule has 4 nitrogen and oxygen atoms in total. The van der Waals surface area contributed by atoms with Gasteiger partial charge >= 0.3 is 0 Å². The number of hydrogen-bond donors (Lipinski definition) is 0. The molecule has 0 atom stereocenters. The van der Waals surface area contributed by atoms with Gasteiger partial charge in [0.2, 0.25) is 0 Å². The van der Waals surface area contributed by atoms with Crippen molar-refractivity contribution in [2.45, 2.75) is 44.9 Å². The van der Waals surface area contributed by atoms with Crippen molar-refractivity contribution in [3.8, 4) is 11.5 Å². The lowest BCUT2D eigenvalue weighted by atomic mass is 10.1. The van der Waals surface area contributed by atoms with E-state index in [2.05, 4.69) is 34.1 Å². The van der Waals surface area contributed by atoms with Gasteiger partial charge in [0.05, 0.1) is 13.2 Å². The van der Waals surface area contributed by atoms with Crippen LogP contribution in [-0.2, 0) is 0 Å². The predicted molar refractivity (Wildman–Crippen MR) is 132 cm³/mol. The van der Waals surface area contributed by atoms with Crippen LogP contribution < -0.4 is 19.3 Å². The first-order valence-corrected chi connectivity index (χ1v) is 10.9. The number of benzene rings is 2. The summed E-state index contributed by atoms with van der Waals surface area (Å²) in [7, 11) is 8.19. The third kappa shape index (κ3) is 10.1. The standard InChI is InChI=1S/C25H38N2O2.ClH/c1-26(2)22-12-16-24(17-13-22)28-20-10-8-6-5-7-9-11-21-29-25-18-14-23(15-19-25)27(3)4;/h12-19H,5-11,20-21H2,1-4H3;1H. The normalized spacial score (nSPS) is 10.3. The zero-order valence-electron chi connectivity index (χ0n) is 19.1. The molecular formula is C25H39ClN2O2. The molecule has 2 aromatic rings. The highest BCUT2D eigenvalue weighted by molar-refractivity contribution is 5.85. The van der Waals surface area contributed by atoms with Crippen molar-refractivity contribution in [2.24, 2.45) is 0 Å². The van der Waals surface area contributed by atoms with Crippen LogP contribution in [0.2, 0.25) is 0 Å². The molecule has 0 saturated heterocycles. The first-order chi connectivity index (χ1) is 14.1. The Balaban J connectivity index is 0.00000450. The lowest BCUT2D eigenvalue weighted by Crippen LogP contribution is -2.08. The van der Waals surface area contributed by atoms with E-state index in [4.69, 9.17) is 9.47 Å². The van der Waals surface area contributed by atoms with Crippen molar-refractivity contribution < 1.29 is 9.47 Å². The maximum atomic E-state index is 5.83. The number of unbranched alkanes of at least 4 members (excludes halogenated alkanes) is 6. The average molecular weight is 435 g/mol. The van der Waals surface area contributed by atoms with Crippen LogP contribution >= 0.6 is 12.4 Å². The van der Waals surface area contributed by atoms with Crippen molar-refractivity contribution in [2.75, 3.05) is 51.2 Å². The molecule has 0 fully saturated rings. The fourth-order valence-electron chi connectivity index (χ4n) is 3.15. The van der Waals surface area contributed by atoms with Gasteiger partial charge in [0.1, 0.15) is 11.5 Å². The highest BCUT2D eigenvalue weighted by Gasteiger charge is 1.99. The minimum Gasteiger partial charge on any atom is -0.494 e. The molecule has 168 valence electrons. The highest BCUT2D eigenvalue weighted by Crippen LogP contribution is 2.19. The molecule has 2 aromatic carbocycles. The van der Waals surface area contributed by atoms with E-state index < -0.39 is 0 Å². The average Bonchev–Trinajstić information content (AvgIpc) is 2.72. The molecule has 0 saturated carbocycles. The smallest absolute Gasteiger partial charge is 0.119 e. The maximum absolute atomic E-state index is 5.83. The molecule has 0 bridgehead atoms. The van der Waals surface area contributed by atoms with Gasteiger partial charge in [-0.3, -0.25) is 0 Å². The van der Waals surface area contributed by atoms with E-state index in [9.17, 15) is 0 Å². The molecule has 0 aromatic heterocycles. The van der Waals surface area contributed by atoms with Crippen LogP contribution in [-0.4, -0.2) is 41.4 Å². The minimum absolute atomic E-state index is 0. The summed E-state index contributed by atoms with van der Waals surface area (Å²) in [5, 5.41) is 0. The van der Waals surface area contributed by atoms with E-state index >= 15 is 0 Å². The Hall–Kier alpha value is -2.07. The number of halogens is 1. The molecule has 0 aliphatic heterocycles. The number of hydrogen-bond acceptors (Lipinski definition) is 4. The fraction of sp³-hybridized carbons (Fsp3) is 0.520. The summed E-state index contributed by atoms with van der Waals surface area (Å²) in [6, 6.07) is 16.6. The number of ether oxygens (including phenoxy) is 2. The van der Waals surface area contributed by atoms with Crippen molar-refractivity contribution in [3.05, 3.63) is 48.5 Å². The number of nitrogens with zero attached hydrogens (tertiary/aromatic N) is 2. The fourth-order valence-corrected chi connectivity index (χ4v) is 3.15. The van der Waals surface area contributed by atoms with E-state index in [-0.39, 0.29) is 12.4 Å². The van der Waals surface area contributed by atoms with Crippen molar-refractivity contribution in [1.29, 1.82) is 0 Å². The molecule has 30 heavy (non-hydrogen) atoms. The molecule has 0 radical (unpaired) electrons. The quantitative estimate of drug-likeness (QED) is 0.320. The second-order valence-electron chi connectivity index (χ2n) is 7.95. The van der Waals surface area contributed by atoms with Gasteiger partial charge in [-0.05, 0) is 61.4 Å². The predicted octanol–water partition coefficient (Wildman–Crippen LogP) is 6.43. The van der Waals surface area contributed by atoms with Gasteiger partial charge in [-0.2, -0.15) is 0 Å². The van der Waals surface area contributed by atoms with Gasteiger partial charge in [-0.15, -0.1) is 12.4 Å². The third-order valence-corrected chi connectivity index (χ3v) is 5.03. The Morgan fingerprint density at radius 3 is 1.10 bits per heavy atom. The summed E-state index contributed by atoms with van der Waals surface area (Å²) in [4.78, 5) is 4.19. The Kier molecular flexibility index (Phi) is 12.8. The minimum atomic E-state index is 0. The lowest BCUT2D eigenvalue weighted by molar-refractivity contribution is 0.299. The second-order valence-corrected chi connectivity index (χ2v) is 7.95. The summed E-state index contributed by atoms with van der Waals surface area (Å²) in [6.45, 7) is 1.61. The molecule has 0 spiro atoms. The first kappa shape index (κ1) is 26.0. The summed E-state index contributed by atoms with van der Waals surface area (Å²) in [5.74, 6) is 1.93. The van der Waals surface area contributed by atoms with Crippen LogP contribution in [0.4, 0.5) is 11.4 Å².